The first-order valence-electron chi connectivity index (χ1n) is 14.2. The van der Waals surface area contributed by atoms with E-state index >= 15 is 4.39 Å². The summed E-state index contributed by atoms with van der Waals surface area (Å²) >= 11 is 0. The van der Waals surface area contributed by atoms with Gasteiger partial charge in [-0.05, 0) is 56.0 Å². The monoisotopic (exact) mass is 588 g/mol. The fourth-order valence-electron chi connectivity index (χ4n) is 6.62. The zero-order valence-corrected chi connectivity index (χ0v) is 23.7. The van der Waals surface area contributed by atoms with Gasteiger partial charge in [0, 0.05) is 42.7 Å². The lowest BCUT2D eigenvalue weighted by molar-refractivity contribution is 0.107. The smallest absolute Gasteiger partial charge is 0.349 e. The lowest BCUT2D eigenvalue weighted by Gasteiger charge is -2.30. The molecule has 5 aromatic rings. The molecule has 2 aromatic carbocycles. The average molecular weight is 589 g/mol. The Morgan fingerprint density at radius 2 is 2.09 bits per heavy atom. The number of hydrogen-bond donors (Lipinski definition) is 2. The maximum Gasteiger partial charge on any atom is 0.349 e. The van der Waals surface area contributed by atoms with Gasteiger partial charge in [0.2, 0.25) is 0 Å². The molecule has 3 aromatic heterocycles. The van der Waals surface area contributed by atoms with E-state index in [1.165, 1.54) is 18.2 Å². The molecule has 2 fully saturated rings. The maximum absolute atomic E-state index is 15.1. The lowest BCUT2D eigenvalue weighted by atomic mass is 9.95. The van der Waals surface area contributed by atoms with Gasteiger partial charge in [-0.15, -0.1) is 0 Å². The minimum absolute atomic E-state index is 0.0233. The molecule has 2 N–H and O–H groups in total. The highest BCUT2D eigenvalue weighted by molar-refractivity contribution is 6.00. The van der Waals surface area contributed by atoms with Crippen LogP contribution in [0.2, 0.25) is 0 Å². The molecular weight excluding hydrogens is 558 g/mol. The molecule has 0 unspecified atom stereocenters. The molecule has 2 aliphatic heterocycles. The Kier molecular flexibility index (Phi) is 6.53. The van der Waals surface area contributed by atoms with Crippen LogP contribution in [-0.4, -0.2) is 61.2 Å². The summed E-state index contributed by atoms with van der Waals surface area (Å²) in [6, 6.07) is 9.19. The van der Waals surface area contributed by atoms with Crippen LogP contribution in [0.5, 0.6) is 11.8 Å². The number of phenolic OH excluding ortho intramolecular Hbond substituents is 1. The summed E-state index contributed by atoms with van der Waals surface area (Å²) in [6.45, 7) is 3.41. The van der Waals surface area contributed by atoms with E-state index in [1.54, 1.807) is 37.0 Å². The Morgan fingerprint density at radius 1 is 1.23 bits per heavy atom. The molecule has 0 aliphatic carbocycles. The Hall–Kier alpha value is -4.58. The molecule has 222 valence electrons. The minimum Gasteiger partial charge on any atom is -0.508 e. The molecule has 2 saturated heterocycles. The quantitative estimate of drug-likeness (QED) is 0.275. The van der Waals surface area contributed by atoms with Crippen LogP contribution < -0.4 is 15.7 Å². The molecule has 0 saturated carbocycles. The topological polar surface area (TPSA) is 119 Å². The van der Waals surface area contributed by atoms with Gasteiger partial charge in [-0.1, -0.05) is 12.1 Å². The standard InChI is InChI=1S/C31H30F2N6O4/c1-17-26-25(29(41)43-27(17)22-12-21(40)11-18-5-3-6-23(33)24(18)22)28(34-14-20-7-9-35-38(20)2)37-30(36-26)42-16-31-8-4-10-39(31)15-19(32)13-31/h3,5-7,9,11-12,19,40H,4,8,10,13-16H2,1-2H3,(H,34,36,37)/t19-,31+/m1/s1. The Morgan fingerprint density at radius 3 is 2.91 bits per heavy atom. The summed E-state index contributed by atoms with van der Waals surface area (Å²) in [4.78, 5) is 24.9. The number of phenols is 1. The molecular formula is C31H30F2N6O4. The Bertz CT molecular complexity index is 1940. The van der Waals surface area contributed by atoms with E-state index in [2.05, 4.69) is 25.3 Å². The average Bonchev–Trinajstić information content (AvgIpc) is 3.65. The van der Waals surface area contributed by atoms with Gasteiger partial charge in [-0.25, -0.2) is 13.6 Å². The minimum atomic E-state index is -0.913. The third-order valence-electron chi connectivity index (χ3n) is 8.73. The van der Waals surface area contributed by atoms with Crippen LogP contribution in [0.3, 0.4) is 0 Å². The molecule has 7 rings (SSSR count). The van der Waals surface area contributed by atoms with Gasteiger partial charge in [0.05, 0.1) is 23.3 Å². The molecule has 12 heteroatoms. The fraction of sp³-hybridized carbons (Fsp3) is 0.355. The fourth-order valence-corrected chi connectivity index (χ4v) is 6.62. The number of ether oxygens (including phenoxy) is 1. The number of nitrogens with zero attached hydrogens (tertiary/aromatic N) is 5. The van der Waals surface area contributed by atoms with Gasteiger partial charge in [0.25, 0.3) is 0 Å². The Balaban J connectivity index is 1.37. The van der Waals surface area contributed by atoms with Crippen molar-refractivity contribution in [2.75, 3.05) is 25.0 Å². The first-order chi connectivity index (χ1) is 20.7. The van der Waals surface area contributed by atoms with Gasteiger partial charge < -0.3 is 19.6 Å². The molecule has 5 heterocycles. The summed E-state index contributed by atoms with van der Waals surface area (Å²) < 4.78 is 43.2. The van der Waals surface area contributed by atoms with Crippen LogP contribution in [0, 0.1) is 12.7 Å². The number of rotatable bonds is 7. The number of aromatic nitrogens is 4. The van der Waals surface area contributed by atoms with E-state index in [9.17, 15) is 14.3 Å². The third-order valence-corrected chi connectivity index (χ3v) is 8.73. The Labute approximate surface area is 244 Å². The summed E-state index contributed by atoms with van der Waals surface area (Å²) in [5, 5.41) is 18.6. The molecule has 43 heavy (non-hydrogen) atoms. The van der Waals surface area contributed by atoms with Crippen molar-refractivity contribution in [1.82, 2.24) is 24.6 Å². The van der Waals surface area contributed by atoms with E-state index in [-0.39, 0.29) is 51.8 Å². The molecule has 2 atom stereocenters. The van der Waals surface area contributed by atoms with Crippen molar-refractivity contribution >= 4 is 27.5 Å². The van der Waals surface area contributed by atoms with Crippen LogP contribution in [-0.2, 0) is 13.6 Å². The van der Waals surface area contributed by atoms with Crippen molar-refractivity contribution in [1.29, 1.82) is 0 Å². The van der Waals surface area contributed by atoms with E-state index in [1.807, 2.05) is 6.07 Å². The zero-order valence-electron chi connectivity index (χ0n) is 23.7. The lowest BCUT2D eigenvalue weighted by Crippen LogP contribution is -2.43. The highest BCUT2D eigenvalue weighted by atomic mass is 19.1. The number of hydrogen-bond acceptors (Lipinski definition) is 9. The van der Waals surface area contributed by atoms with Crippen LogP contribution in [0.15, 0.2) is 51.8 Å². The first kappa shape index (κ1) is 27.3. The number of fused-ring (bicyclic) bond motifs is 3. The van der Waals surface area contributed by atoms with Crippen molar-refractivity contribution < 1.29 is 23.0 Å². The van der Waals surface area contributed by atoms with Gasteiger partial charge in [-0.3, -0.25) is 9.58 Å². The van der Waals surface area contributed by atoms with E-state index < -0.39 is 23.2 Å². The van der Waals surface area contributed by atoms with Gasteiger partial charge in [0.15, 0.2) is 0 Å². The van der Waals surface area contributed by atoms with Gasteiger partial charge in [0.1, 0.15) is 41.3 Å². The van der Waals surface area contributed by atoms with E-state index in [0.717, 1.165) is 25.1 Å². The van der Waals surface area contributed by atoms with Crippen molar-refractivity contribution in [3.8, 4) is 23.1 Å². The van der Waals surface area contributed by atoms with E-state index in [0.29, 0.717) is 30.5 Å². The molecule has 0 spiro atoms. The molecule has 0 bridgehead atoms. The van der Waals surface area contributed by atoms with Crippen molar-refractivity contribution in [2.24, 2.45) is 7.05 Å². The predicted molar refractivity (Wildman–Crippen MR) is 156 cm³/mol. The summed E-state index contributed by atoms with van der Waals surface area (Å²) in [5.41, 5.74) is 0.593. The number of anilines is 1. The number of aryl methyl sites for hydroxylation is 2. The van der Waals surface area contributed by atoms with Crippen LogP contribution >= 0.6 is 0 Å². The van der Waals surface area contributed by atoms with Crippen molar-refractivity contribution in [3.63, 3.8) is 0 Å². The SMILES string of the molecule is Cc1c(-c2cc(O)cc3cccc(F)c23)oc(=O)c2c(NCc3ccnn3C)nc(OC[C@@]34CCCN3C[C@H](F)C4)nc12. The molecule has 0 amide bonds. The highest BCUT2D eigenvalue weighted by Crippen LogP contribution is 2.41. The first-order valence-corrected chi connectivity index (χ1v) is 14.2. The third kappa shape index (κ3) is 4.66. The highest BCUT2D eigenvalue weighted by Gasteiger charge is 2.49. The maximum atomic E-state index is 15.1. The second-order valence-corrected chi connectivity index (χ2v) is 11.4. The molecule has 0 radical (unpaired) electrons. The van der Waals surface area contributed by atoms with Crippen LogP contribution in [0.25, 0.3) is 33.0 Å². The normalized spacial score (nSPS) is 20.2. The van der Waals surface area contributed by atoms with Crippen LogP contribution in [0.1, 0.15) is 30.5 Å². The van der Waals surface area contributed by atoms with Crippen molar-refractivity contribution in [3.05, 3.63) is 70.1 Å². The number of alkyl halides is 1. The van der Waals surface area contributed by atoms with Crippen LogP contribution in [0.4, 0.5) is 14.6 Å². The largest absolute Gasteiger partial charge is 0.508 e. The van der Waals surface area contributed by atoms with Gasteiger partial charge in [-0.2, -0.15) is 15.1 Å². The number of aromatic hydroxyl groups is 1. The number of nitrogens with one attached hydrogen (secondary N) is 1. The zero-order chi connectivity index (χ0) is 29.9. The van der Waals surface area contributed by atoms with Gasteiger partial charge >= 0.3 is 11.6 Å². The second-order valence-electron chi connectivity index (χ2n) is 11.4. The summed E-state index contributed by atoms with van der Waals surface area (Å²) in [7, 11) is 1.81. The molecule has 10 nitrogen and oxygen atoms in total. The summed E-state index contributed by atoms with van der Waals surface area (Å²) in [5.74, 6) is -0.360. The molecule has 2 aliphatic rings. The predicted octanol–water partition coefficient (Wildman–Crippen LogP) is 4.86. The number of benzene rings is 2. The second kappa shape index (κ2) is 10.3. The number of halogens is 2. The summed E-state index contributed by atoms with van der Waals surface area (Å²) in [6.07, 6.45) is 2.92. The van der Waals surface area contributed by atoms with Crippen molar-refractivity contribution in [2.45, 2.75) is 44.4 Å². The van der Waals surface area contributed by atoms with E-state index in [4.69, 9.17) is 9.15 Å².